The number of hydrogen-bond donors (Lipinski definition) is 1. The molecule has 5 heteroatoms. The van der Waals surface area contributed by atoms with Crippen molar-refractivity contribution in [3.05, 3.63) is 0 Å². The molecule has 2 fully saturated rings. The Bertz CT molecular complexity index is 378. The molecule has 2 heterocycles. The smallest absolute Gasteiger partial charge is 0.227 e. The van der Waals surface area contributed by atoms with E-state index in [1.54, 1.807) is 0 Å². The number of nitrogens with zero attached hydrogens (tertiary/aromatic N) is 2. The molecule has 2 rings (SSSR count). The normalized spacial score (nSPS) is 25.5. The Labute approximate surface area is 128 Å². The van der Waals surface area contributed by atoms with Crippen molar-refractivity contribution in [2.75, 3.05) is 26.7 Å². The van der Waals surface area contributed by atoms with Gasteiger partial charge in [-0.3, -0.25) is 9.59 Å². The zero-order valence-corrected chi connectivity index (χ0v) is 13.6. The van der Waals surface area contributed by atoms with Gasteiger partial charge in [0.1, 0.15) is 0 Å². The second-order valence-corrected chi connectivity index (χ2v) is 6.47. The first-order valence-corrected chi connectivity index (χ1v) is 8.32. The summed E-state index contributed by atoms with van der Waals surface area (Å²) in [6, 6.07) is 0.788. The van der Waals surface area contributed by atoms with Gasteiger partial charge in [-0.25, -0.2) is 0 Å². The summed E-state index contributed by atoms with van der Waals surface area (Å²) < 4.78 is 0. The van der Waals surface area contributed by atoms with E-state index in [0.717, 1.165) is 38.8 Å². The van der Waals surface area contributed by atoms with Crippen molar-refractivity contribution in [1.29, 1.82) is 0 Å². The molecule has 0 bridgehead atoms. The van der Waals surface area contributed by atoms with Crippen LogP contribution >= 0.6 is 0 Å². The molecule has 1 N–H and O–H groups in total. The monoisotopic (exact) mass is 295 g/mol. The maximum atomic E-state index is 12.6. The van der Waals surface area contributed by atoms with Gasteiger partial charge in [0.2, 0.25) is 11.8 Å². The summed E-state index contributed by atoms with van der Waals surface area (Å²) in [4.78, 5) is 28.6. The maximum Gasteiger partial charge on any atom is 0.227 e. The molecular weight excluding hydrogens is 266 g/mol. The molecule has 2 atom stereocenters. The predicted octanol–water partition coefficient (Wildman–Crippen LogP) is 1.23. The number of nitrogens with one attached hydrogen (secondary N) is 1. The number of amides is 2. The van der Waals surface area contributed by atoms with E-state index < -0.39 is 0 Å². The van der Waals surface area contributed by atoms with Crippen LogP contribution in [0.3, 0.4) is 0 Å². The standard InChI is InChI=1S/C16H29N3O2/c1-4-5-12(2)19-11-13(10-15(19)20)16(21)18-8-6-14(17-3)7-9-18/h12-14,17H,4-11H2,1-3H3. The van der Waals surface area contributed by atoms with Crippen molar-refractivity contribution in [2.45, 2.75) is 58.0 Å². The van der Waals surface area contributed by atoms with Crippen LogP contribution in [0.2, 0.25) is 0 Å². The Morgan fingerprint density at radius 3 is 2.62 bits per heavy atom. The SMILES string of the molecule is CCCC(C)N1CC(C(=O)N2CCC(NC)CC2)CC1=O. The average molecular weight is 295 g/mol. The molecule has 0 aromatic carbocycles. The highest BCUT2D eigenvalue weighted by Crippen LogP contribution is 2.25. The lowest BCUT2D eigenvalue weighted by Gasteiger charge is -2.33. The summed E-state index contributed by atoms with van der Waals surface area (Å²) in [5.41, 5.74) is 0. The Morgan fingerprint density at radius 1 is 1.38 bits per heavy atom. The molecule has 0 saturated carbocycles. The quantitative estimate of drug-likeness (QED) is 0.830. The minimum Gasteiger partial charge on any atom is -0.342 e. The minimum absolute atomic E-state index is 0.122. The van der Waals surface area contributed by atoms with E-state index in [-0.39, 0.29) is 23.8 Å². The molecular formula is C16H29N3O2. The molecule has 21 heavy (non-hydrogen) atoms. The van der Waals surface area contributed by atoms with Gasteiger partial charge in [0.25, 0.3) is 0 Å². The third kappa shape index (κ3) is 3.76. The van der Waals surface area contributed by atoms with Crippen LogP contribution < -0.4 is 5.32 Å². The van der Waals surface area contributed by atoms with Gasteiger partial charge in [0.15, 0.2) is 0 Å². The highest BCUT2D eigenvalue weighted by atomic mass is 16.2. The van der Waals surface area contributed by atoms with Gasteiger partial charge in [-0.2, -0.15) is 0 Å². The zero-order chi connectivity index (χ0) is 15.4. The van der Waals surface area contributed by atoms with E-state index in [0.29, 0.717) is 19.0 Å². The van der Waals surface area contributed by atoms with Crippen LogP contribution in [0, 0.1) is 5.92 Å². The lowest BCUT2D eigenvalue weighted by molar-refractivity contribution is -0.136. The van der Waals surface area contributed by atoms with Crippen molar-refractivity contribution < 1.29 is 9.59 Å². The van der Waals surface area contributed by atoms with E-state index in [1.165, 1.54) is 0 Å². The van der Waals surface area contributed by atoms with Crippen LogP contribution in [-0.4, -0.2) is 60.4 Å². The first kappa shape index (κ1) is 16.3. The predicted molar refractivity (Wildman–Crippen MR) is 82.9 cm³/mol. The zero-order valence-electron chi connectivity index (χ0n) is 13.6. The van der Waals surface area contributed by atoms with Crippen LogP contribution in [0.5, 0.6) is 0 Å². The molecule has 0 aromatic rings. The van der Waals surface area contributed by atoms with E-state index in [4.69, 9.17) is 0 Å². The largest absolute Gasteiger partial charge is 0.342 e. The van der Waals surface area contributed by atoms with E-state index in [2.05, 4.69) is 19.2 Å². The molecule has 2 amide bonds. The summed E-state index contributed by atoms with van der Waals surface area (Å²) >= 11 is 0. The molecule has 120 valence electrons. The number of hydrogen-bond acceptors (Lipinski definition) is 3. The van der Waals surface area contributed by atoms with E-state index in [1.807, 2.05) is 16.8 Å². The van der Waals surface area contributed by atoms with Crippen molar-refractivity contribution in [3.63, 3.8) is 0 Å². The highest BCUT2D eigenvalue weighted by Gasteiger charge is 2.38. The minimum atomic E-state index is -0.122. The Morgan fingerprint density at radius 2 is 2.05 bits per heavy atom. The van der Waals surface area contributed by atoms with Crippen LogP contribution in [0.15, 0.2) is 0 Å². The molecule has 2 aliphatic rings. The van der Waals surface area contributed by atoms with Crippen molar-refractivity contribution in [1.82, 2.24) is 15.1 Å². The van der Waals surface area contributed by atoms with Gasteiger partial charge < -0.3 is 15.1 Å². The van der Waals surface area contributed by atoms with Gasteiger partial charge >= 0.3 is 0 Å². The summed E-state index contributed by atoms with van der Waals surface area (Å²) in [5, 5.41) is 3.28. The summed E-state index contributed by atoms with van der Waals surface area (Å²) in [6.45, 7) is 6.47. The van der Waals surface area contributed by atoms with Gasteiger partial charge in [-0.15, -0.1) is 0 Å². The van der Waals surface area contributed by atoms with E-state index in [9.17, 15) is 9.59 Å². The molecule has 2 unspecified atom stereocenters. The van der Waals surface area contributed by atoms with Crippen molar-refractivity contribution >= 4 is 11.8 Å². The second kappa shape index (κ2) is 7.25. The number of likely N-dealkylation sites (tertiary alicyclic amines) is 2. The van der Waals surface area contributed by atoms with Gasteiger partial charge in [0, 0.05) is 38.1 Å². The summed E-state index contributed by atoms with van der Waals surface area (Å²) in [6.07, 6.45) is 4.51. The first-order valence-electron chi connectivity index (χ1n) is 8.32. The Balaban J connectivity index is 1.88. The second-order valence-electron chi connectivity index (χ2n) is 6.47. The molecule has 5 nitrogen and oxygen atoms in total. The number of carbonyl (C=O) groups excluding carboxylic acids is 2. The fourth-order valence-corrected chi connectivity index (χ4v) is 3.54. The number of rotatable bonds is 5. The molecule has 0 aliphatic carbocycles. The number of carbonyl (C=O) groups is 2. The Hall–Kier alpha value is -1.10. The topological polar surface area (TPSA) is 52.7 Å². The van der Waals surface area contributed by atoms with E-state index >= 15 is 0 Å². The molecule has 0 spiro atoms. The lowest BCUT2D eigenvalue weighted by Crippen LogP contribution is -2.46. The van der Waals surface area contributed by atoms with Crippen LogP contribution in [-0.2, 0) is 9.59 Å². The Kier molecular flexibility index (Phi) is 5.62. The first-order chi connectivity index (χ1) is 10.1. The molecule has 2 saturated heterocycles. The summed E-state index contributed by atoms with van der Waals surface area (Å²) in [5.74, 6) is 0.214. The average Bonchev–Trinajstić information content (AvgIpc) is 2.89. The van der Waals surface area contributed by atoms with Crippen LogP contribution in [0.25, 0.3) is 0 Å². The summed E-state index contributed by atoms with van der Waals surface area (Å²) in [7, 11) is 1.98. The fraction of sp³-hybridized carbons (Fsp3) is 0.875. The van der Waals surface area contributed by atoms with Crippen LogP contribution in [0.4, 0.5) is 0 Å². The number of piperidine rings is 1. The molecule has 0 radical (unpaired) electrons. The molecule has 0 aromatic heterocycles. The highest BCUT2D eigenvalue weighted by molar-refractivity contribution is 5.89. The maximum absolute atomic E-state index is 12.6. The lowest BCUT2D eigenvalue weighted by atomic mass is 10.0. The van der Waals surface area contributed by atoms with Crippen molar-refractivity contribution in [3.8, 4) is 0 Å². The van der Waals surface area contributed by atoms with Gasteiger partial charge in [-0.05, 0) is 33.2 Å². The van der Waals surface area contributed by atoms with Crippen molar-refractivity contribution in [2.24, 2.45) is 5.92 Å². The molecule has 2 aliphatic heterocycles. The third-order valence-corrected chi connectivity index (χ3v) is 4.96. The van der Waals surface area contributed by atoms with Gasteiger partial charge in [0.05, 0.1) is 5.92 Å². The van der Waals surface area contributed by atoms with Crippen LogP contribution in [0.1, 0.15) is 46.0 Å². The fourth-order valence-electron chi connectivity index (χ4n) is 3.54. The van der Waals surface area contributed by atoms with Gasteiger partial charge in [-0.1, -0.05) is 13.3 Å². The third-order valence-electron chi connectivity index (χ3n) is 4.96.